The van der Waals surface area contributed by atoms with Crippen molar-refractivity contribution in [1.82, 2.24) is 4.98 Å². The van der Waals surface area contributed by atoms with Crippen molar-refractivity contribution in [3.63, 3.8) is 0 Å². The van der Waals surface area contributed by atoms with Gasteiger partial charge in [-0.25, -0.2) is 4.98 Å². The molecule has 7 heteroatoms. The van der Waals surface area contributed by atoms with Gasteiger partial charge in [0.1, 0.15) is 17.9 Å². The molecule has 0 spiro atoms. The maximum Gasteiger partial charge on any atom is 0.261 e. The number of halogens is 1. The van der Waals surface area contributed by atoms with Crippen LogP contribution < -0.4 is 14.8 Å². The molecule has 24 heavy (non-hydrogen) atoms. The highest BCUT2D eigenvalue weighted by atomic mass is 35.5. The van der Waals surface area contributed by atoms with E-state index in [9.17, 15) is 4.79 Å². The molecular weight excluding hydrogens is 332 g/mol. The summed E-state index contributed by atoms with van der Waals surface area (Å²) in [7, 11) is 3.09. The summed E-state index contributed by atoms with van der Waals surface area (Å²) < 4.78 is 15.7. The van der Waals surface area contributed by atoms with Crippen molar-refractivity contribution >= 4 is 23.2 Å². The van der Waals surface area contributed by atoms with Crippen LogP contribution in [0.15, 0.2) is 30.5 Å². The van der Waals surface area contributed by atoms with E-state index in [1.54, 1.807) is 37.6 Å². The van der Waals surface area contributed by atoms with Crippen LogP contribution in [0.25, 0.3) is 0 Å². The molecule has 0 aliphatic rings. The van der Waals surface area contributed by atoms with Crippen LogP contribution >= 0.6 is 11.6 Å². The molecule has 0 aliphatic heterocycles. The summed E-state index contributed by atoms with van der Waals surface area (Å²) in [6.45, 7) is 2.56. The molecule has 1 N–H and O–H groups in total. The molecule has 0 radical (unpaired) electrons. The Morgan fingerprint density at radius 3 is 2.79 bits per heavy atom. The topological polar surface area (TPSA) is 69.7 Å². The summed E-state index contributed by atoms with van der Waals surface area (Å²) >= 11 is 6.08. The van der Waals surface area contributed by atoms with Crippen LogP contribution in [-0.2, 0) is 4.74 Å². The molecule has 0 bridgehead atoms. The highest BCUT2D eigenvalue weighted by Crippen LogP contribution is 2.31. The first-order chi connectivity index (χ1) is 11.6. The van der Waals surface area contributed by atoms with Gasteiger partial charge < -0.3 is 19.5 Å². The fourth-order valence-corrected chi connectivity index (χ4v) is 2.17. The zero-order valence-corrected chi connectivity index (χ0v) is 14.5. The lowest BCUT2D eigenvalue weighted by atomic mass is 10.2. The monoisotopic (exact) mass is 350 g/mol. The molecule has 1 heterocycles. The van der Waals surface area contributed by atoms with Crippen LogP contribution in [0.1, 0.15) is 15.9 Å². The summed E-state index contributed by atoms with van der Waals surface area (Å²) in [5, 5.41) is 3.37. The van der Waals surface area contributed by atoms with Crippen molar-refractivity contribution < 1.29 is 19.0 Å². The zero-order chi connectivity index (χ0) is 17.5. The van der Waals surface area contributed by atoms with E-state index in [1.165, 1.54) is 7.11 Å². The molecular formula is C17H19ClN2O4. The number of nitrogens with zero attached hydrogens (tertiary/aromatic N) is 1. The number of nitrogens with one attached hydrogen (secondary N) is 1. The lowest BCUT2D eigenvalue weighted by molar-refractivity contribution is 0.101. The molecule has 2 aromatic rings. The van der Waals surface area contributed by atoms with Crippen LogP contribution in [0.2, 0.25) is 5.02 Å². The van der Waals surface area contributed by atoms with Gasteiger partial charge in [0.25, 0.3) is 5.91 Å². The fraction of sp³-hybridized carbons (Fsp3) is 0.294. The maximum atomic E-state index is 12.6. The molecule has 0 unspecified atom stereocenters. The second-order valence-corrected chi connectivity index (χ2v) is 5.36. The minimum Gasteiger partial charge on any atom is -0.495 e. The number of methoxy groups -OCH3 is 2. The van der Waals surface area contributed by atoms with Gasteiger partial charge in [0, 0.05) is 24.4 Å². The minimum atomic E-state index is -0.351. The third kappa shape index (κ3) is 4.37. The first kappa shape index (κ1) is 18.0. The third-order valence-electron chi connectivity index (χ3n) is 3.27. The molecule has 1 amide bonds. The summed E-state index contributed by atoms with van der Waals surface area (Å²) in [5.41, 5.74) is 1.68. The predicted molar refractivity (Wildman–Crippen MR) is 92.3 cm³/mol. The van der Waals surface area contributed by atoms with E-state index in [0.717, 1.165) is 5.56 Å². The lowest BCUT2D eigenvalue weighted by Crippen LogP contribution is -2.16. The van der Waals surface area contributed by atoms with Gasteiger partial charge in [-0.3, -0.25) is 4.79 Å². The summed E-state index contributed by atoms with van der Waals surface area (Å²) in [5.74, 6) is 0.372. The smallest absolute Gasteiger partial charge is 0.261 e. The number of hydrogen-bond acceptors (Lipinski definition) is 5. The number of carbonyl (C=O) groups excluding carboxylic acids is 1. The van der Waals surface area contributed by atoms with Gasteiger partial charge in [0.05, 0.1) is 19.4 Å². The number of ether oxygens (including phenoxy) is 3. The SMILES string of the molecule is COCCOc1ncccc1C(=O)Nc1cc(C)c(Cl)cc1OC. The Kier molecular flexibility index (Phi) is 6.40. The molecule has 2 rings (SSSR count). The van der Waals surface area contributed by atoms with Crippen molar-refractivity contribution in [3.8, 4) is 11.6 Å². The van der Waals surface area contributed by atoms with Crippen molar-refractivity contribution in [2.24, 2.45) is 0 Å². The number of aromatic nitrogens is 1. The Morgan fingerprint density at radius 2 is 2.08 bits per heavy atom. The first-order valence-electron chi connectivity index (χ1n) is 7.29. The Morgan fingerprint density at radius 1 is 1.29 bits per heavy atom. The Bertz CT molecular complexity index is 722. The average Bonchev–Trinajstić information content (AvgIpc) is 2.58. The van der Waals surface area contributed by atoms with E-state index in [4.69, 9.17) is 25.8 Å². The third-order valence-corrected chi connectivity index (χ3v) is 3.68. The van der Waals surface area contributed by atoms with E-state index < -0.39 is 0 Å². The standard InChI is InChI=1S/C17H19ClN2O4/c1-11-9-14(15(23-3)10-13(11)18)20-16(21)12-5-4-6-19-17(12)24-8-7-22-2/h4-6,9-10H,7-8H2,1-3H3,(H,20,21). The summed E-state index contributed by atoms with van der Waals surface area (Å²) in [4.78, 5) is 16.7. The minimum absolute atomic E-state index is 0.247. The number of rotatable bonds is 7. The molecule has 128 valence electrons. The molecule has 0 saturated carbocycles. The molecule has 0 saturated heterocycles. The number of benzene rings is 1. The van der Waals surface area contributed by atoms with Gasteiger partial charge in [0.15, 0.2) is 0 Å². The summed E-state index contributed by atoms with van der Waals surface area (Å²) in [6, 6.07) is 6.72. The van der Waals surface area contributed by atoms with Crippen LogP contribution in [0.3, 0.4) is 0 Å². The average molecular weight is 351 g/mol. The molecule has 1 aromatic heterocycles. The van der Waals surface area contributed by atoms with Crippen LogP contribution in [0.5, 0.6) is 11.6 Å². The van der Waals surface area contributed by atoms with Crippen molar-refractivity contribution in [2.75, 3.05) is 32.8 Å². The van der Waals surface area contributed by atoms with Crippen LogP contribution in [0, 0.1) is 6.92 Å². The lowest BCUT2D eigenvalue weighted by Gasteiger charge is -2.14. The highest BCUT2D eigenvalue weighted by Gasteiger charge is 2.16. The van der Waals surface area contributed by atoms with Gasteiger partial charge >= 0.3 is 0 Å². The van der Waals surface area contributed by atoms with Gasteiger partial charge in [-0.05, 0) is 30.7 Å². The van der Waals surface area contributed by atoms with Crippen molar-refractivity contribution in [2.45, 2.75) is 6.92 Å². The normalized spacial score (nSPS) is 10.3. The molecule has 0 atom stereocenters. The van der Waals surface area contributed by atoms with E-state index in [2.05, 4.69) is 10.3 Å². The maximum absolute atomic E-state index is 12.6. The second kappa shape index (κ2) is 8.52. The Balaban J connectivity index is 2.23. The van der Waals surface area contributed by atoms with E-state index in [0.29, 0.717) is 35.2 Å². The molecule has 0 aliphatic carbocycles. The van der Waals surface area contributed by atoms with E-state index in [-0.39, 0.29) is 11.8 Å². The summed E-state index contributed by atoms with van der Waals surface area (Å²) in [6.07, 6.45) is 1.56. The highest BCUT2D eigenvalue weighted by molar-refractivity contribution is 6.31. The molecule has 1 aromatic carbocycles. The van der Waals surface area contributed by atoms with Crippen molar-refractivity contribution in [3.05, 3.63) is 46.6 Å². The second-order valence-electron chi connectivity index (χ2n) is 4.95. The largest absolute Gasteiger partial charge is 0.495 e. The van der Waals surface area contributed by atoms with E-state index in [1.807, 2.05) is 6.92 Å². The van der Waals surface area contributed by atoms with Gasteiger partial charge in [-0.2, -0.15) is 0 Å². The molecule has 0 fully saturated rings. The number of aryl methyl sites for hydroxylation is 1. The van der Waals surface area contributed by atoms with Crippen LogP contribution in [0.4, 0.5) is 5.69 Å². The van der Waals surface area contributed by atoms with Gasteiger partial charge in [-0.1, -0.05) is 11.6 Å². The number of pyridine rings is 1. The zero-order valence-electron chi connectivity index (χ0n) is 13.8. The van der Waals surface area contributed by atoms with Crippen molar-refractivity contribution in [1.29, 1.82) is 0 Å². The molecule has 6 nitrogen and oxygen atoms in total. The van der Waals surface area contributed by atoms with E-state index >= 15 is 0 Å². The number of hydrogen-bond donors (Lipinski definition) is 1. The fourth-order valence-electron chi connectivity index (χ4n) is 2.02. The number of amides is 1. The first-order valence-corrected chi connectivity index (χ1v) is 7.67. The number of anilines is 1. The van der Waals surface area contributed by atoms with Gasteiger partial charge in [0.2, 0.25) is 5.88 Å². The van der Waals surface area contributed by atoms with Crippen LogP contribution in [-0.4, -0.2) is 38.3 Å². The predicted octanol–water partition coefficient (Wildman–Crippen LogP) is 3.33. The Labute approximate surface area is 145 Å². The van der Waals surface area contributed by atoms with Gasteiger partial charge in [-0.15, -0.1) is 0 Å². The Hall–Kier alpha value is -2.31. The number of carbonyl (C=O) groups is 1. The quantitative estimate of drug-likeness (QED) is 0.776.